The molecule has 0 atom stereocenters. The third-order valence-corrected chi connectivity index (χ3v) is 5.48. The van der Waals surface area contributed by atoms with Gasteiger partial charge in [0, 0.05) is 36.5 Å². The van der Waals surface area contributed by atoms with Crippen LogP contribution in [-0.4, -0.2) is 37.3 Å². The van der Waals surface area contributed by atoms with Crippen LogP contribution < -0.4 is 10.9 Å². The summed E-state index contributed by atoms with van der Waals surface area (Å²) in [7, 11) is -0.621. The Morgan fingerprint density at radius 1 is 1.17 bits per heavy atom. The first-order valence-corrected chi connectivity index (χ1v) is 9.12. The van der Waals surface area contributed by atoms with Crippen LogP contribution in [0.25, 0.3) is 0 Å². The van der Waals surface area contributed by atoms with Gasteiger partial charge in [-0.1, -0.05) is 0 Å². The number of sulfonamides is 1. The van der Waals surface area contributed by atoms with Gasteiger partial charge in [-0.15, -0.1) is 0 Å². The van der Waals surface area contributed by atoms with Crippen molar-refractivity contribution in [3.8, 4) is 0 Å². The third kappa shape index (κ3) is 4.31. The van der Waals surface area contributed by atoms with Crippen molar-refractivity contribution < 1.29 is 13.2 Å². The number of aromatic nitrogens is 1. The van der Waals surface area contributed by atoms with Crippen molar-refractivity contribution in [2.24, 2.45) is 0 Å². The van der Waals surface area contributed by atoms with Gasteiger partial charge in [-0.25, -0.2) is 12.7 Å². The Balaban J connectivity index is 2.10. The molecule has 1 aromatic carbocycles. The summed E-state index contributed by atoms with van der Waals surface area (Å²) in [5.41, 5.74) is 0.154. The van der Waals surface area contributed by atoms with E-state index in [1.165, 1.54) is 55.2 Å². The lowest BCUT2D eigenvalue weighted by Crippen LogP contribution is -2.26. The Hall–Kier alpha value is -1.97. The monoisotopic (exact) mass is 413 g/mol. The first-order valence-electron chi connectivity index (χ1n) is 6.88. The second-order valence-electron chi connectivity index (χ2n) is 5.17. The zero-order valence-corrected chi connectivity index (χ0v) is 15.5. The van der Waals surface area contributed by atoms with Gasteiger partial charge in [0.15, 0.2) is 0 Å². The Labute approximate surface area is 148 Å². The minimum absolute atomic E-state index is 0.133. The molecule has 0 saturated carbocycles. The molecule has 24 heavy (non-hydrogen) atoms. The average molecular weight is 414 g/mol. The molecule has 0 bridgehead atoms. The van der Waals surface area contributed by atoms with Gasteiger partial charge in [0.25, 0.3) is 5.56 Å². The molecule has 0 fully saturated rings. The predicted octanol–water partition coefficient (Wildman–Crippen LogP) is 1.50. The number of carbonyl (C=O) groups excluding carboxylic acids is 1. The lowest BCUT2D eigenvalue weighted by Gasteiger charge is -2.12. The smallest absolute Gasteiger partial charge is 0.251 e. The molecule has 0 radical (unpaired) electrons. The Bertz CT molecular complexity index is 905. The number of pyridine rings is 1. The van der Waals surface area contributed by atoms with Gasteiger partial charge in [0.2, 0.25) is 15.9 Å². The fraction of sp³-hybridized carbons (Fsp3) is 0.200. The summed E-state index contributed by atoms with van der Waals surface area (Å²) in [6, 6.07) is 8.78. The summed E-state index contributed by atoms with van der Waals surface area (Å²) in [6.45, 7) is -0.143. The third-order valence-electron chi connectivity index (χ3n) is 3.18. The normalized spacial score (nSPS) is 11.5. The maximum atomic E-state index is 12.0. The highest BCUT2D eigenvalue weighted by molar-refractivity contribution is 9.10. The summed E-state index contributed by atoms with van der Waals surface area (Å²) in [5.74, 6) is -0.390. The quantitative estimate of drug-likeness (QED) is 0.803. The van der Waals surface area contributed by atoms with Gasteiger partial charge in [-0.2, -0.15) is 0 Å². The number of halogens is 1. The highest BCUT2D eigenvalue weighted by Gasteiger charge is 2.16. The number of benzene rings is 1. The minimum Gasteiger partial charge on any atom is -0.325 e. The number of hydrogen-bond donors (Lipinski definition) is 1. The standard InChI is InChI=1S/C15H16BrN3O4S/c1-18(2)24(22,23)13-6-4-12(5-7-13)17-14(20)10-19-9-11(16)3-8-15(19)21/h3-9H,10H2,1-2H3,(H,17,20). The van der Waals surface area contributed by atoms with E-state index in [4.69, 9.17) is 0 Å². The molecule has 2 aromatic rings. The highest BCUT2D eigenvalue weighted by atomic mass is 79.9. The summed E-state index contributed by atoms with van der Waals surface area (Å²) >= 11 is 3.24. The molecule has 0 aliphatic carbocycles. The number of hydrogen-bond acceptors (Lipinski definition) is 4. The summed E-state index contributed by atoms with van der Waals surface area (Å²) < 4.78 is 27.0. The van der Waals surface area contributed by atoms with Crippen LogP contribution in [0.3, 0.4) is 0 Å². The molecule has 1 aromatic heterocycles. The van der Waals surface area contributed by atoms with Crippen molar-refractivity contribution in [2.75, 3.05) is 19.4 Å². The number of amides is 1. The topological polar surface area (TPSA) is 88.5 Å². The van der Waals surface area contributed by atoms with Crippen molar-refractivity contribution in [2.45, 2.75) is 11.4 Å². The molecule has 7 nitrogen and oxygen atoms in total. The lowest BCUT2D eigenvalue weighted by molar-refractivity contribution is -0.116. The molecule has 9 heteroatoms. The Morgan fingerprint density at radius 3 is 2.38 bits per heavy atom. The van der Waals surface area contributed by atoms with E-state index in [0.717, 1.165) is 4.31 Å². The van der Waals surface area contributed by atoms with Crippen molar-refractivity contribution in [1.29, 1.82) is 0 Å². The second-order valence-corrected chi connectivity index (χ2v) is 8.24. The highest BCUT2D eigenvalue weighted by Crippen LogP contribution is 2.16. The van der Waals surface area contributed by atoms with E-state index in [-0.39, 0.29) is 17.0 Å². The molecule has 0 spiro atoms. The van der Waals surface area contributed by atoms with Crippen molar-refractivity contribution >= 4 is 37.5 Å². The molecular weight excluding hydrogens is 398 g/mol. The van der Waals surface area contributed by atoms with Gasteiger partial charge in [0.1, 0.15) is 6.54 Å². The van der Waals surface area contributed by atoms with Crippen molar-refractivity contribution in [3.05, 3.63) is 57.4 Å². The fourth-order valence-electron chi connectivity index (χ4n) is 1.90. The molecule has 1 N–H and O–H groups in total. The number of nitrogens with zero attached hydrogens (tertiary/aromatic N) is 2. The van der Waals surface area contributed by atoms with Crippen LogP contribution in [0.4, 0.5) is 5.69 Å². The first-order chi connectivity index (χ1) is 11.2. The van der Waals surface area contributed by atoms with Gasteiger partial charge in [-0.05, 0) is 46.3 Å². The molecule has 0 aliphatic rings. The van der Waals surface area contributed by atoms with E-state index in [1.54, 1.807) is 6.07 Å². The van der Waals surface area contributed by atoms with Crippen LogP contribution in [0.2, 0.25) is 0 Å². The van der Waals surface area contributed by atoms with Gasteiger partial charge in [0.05, 0.1) is 4.90 Å². The zero-order valence-electron chi connectivity index (χ0n) is 13.1. The Kier molecular flexibility index (Phi) is 5.58. The van der Waals surface area contributed by atoms with Gasteiger partial charge >= 0.3 is 0 Å². The van der Waals surface area contributed by atoms with E-state index in [0.29, 0.717) is 10.2 Å². The van der Waals surface area contributed by atoms with Crippen LogP contribution >= 0.6 is 15.9 Å². The van der Waals surface area contributed by atoms with Crippen LogP contribution in [0.15, 0.2) is 56.8 Å². The van der Waals surface area contributed by atoms with Gasteiger partial charge < -0.3 is 9.88 Å². The largest absolute Gasteiger partial charge is 0.325 e. The molecule has 0 aliphatic heterocycles. The lowest BCUT2D eigenvalue weighted by atomic mass is 10.3. The van der Waals surface area contributed by atoms with Gasteiger partial charge in [-0.3, -0.25) is 9.59 Å². The molecule has 128 valence electrons. The molecule has 2 rings (SSSR count). The minimum atomic E-state index is -3.51. The van der Waals surface area contributed by atoms with Crippen LogP contribution in [-0.2, 0) is 21.4 Å². The van der Waals surface area contributed by atoms with Crippen LogP contribution in [0, 0.1) is 0 Å². The summed E-state index contributed by atoms with van der Waals surface area (Å²) in [4.78, 5) is 23.8. The van der Waals surface area contributed by atoms with Crippen LogP contribution in [0.1, 0.15) is 0 Å². The maximum Gasteiger partial charge on any atom is 0.251 e. The van der Waals surface area contributed by atoms with E-state index >= 15 is 0 Å². The van der Waals surface area contributed by atoms with E-state index in [9.17, 15) is 18.0 Å². The first kappa shape index (κ1) is 18.4. The predicted molar refractivity (Wildman–Crippen MR) is 94.3 cm³/mol. The number of nitrogens with one attached hydrogen (secondary N) is 1. The van der Waals surface area contributed by atoms with Crippen molar-refractivity contribution in [3.63, 3.8) is 0 Å². The van der Waals surface area contributed by atoms with Crippen molar-refractivity contribution in [1.82, 2.24) is 8.87 Å². The molecule has 1 amide bonds. The summed E-state index contributed by atoms with van der Waals surface area (Å²) in [6.07, 6.45) is 1.52. The number of rotatable bonds is 5. The number of anilines is 1. The molecule has 0 saturated heterocycles. The van der Waals surface area contributed by atoms with E-state index in [2.05, 4.69) is 21.2 Å². The van der Waals surface area contributed by atoms with E-state index < -0.39 is 15.9 Å². The number of carbonyl (C=O) groups is 1. The Morgan fingerprint density at radius 2 is 1.79 bits per heavy atom. The molecule has 1 heterocycles. The fourth-order valence-corrected chi connectivity index (χ4v) is 3.18. The SMILES string of the molecule is CN(C)S(=O)(=O)c1ccc(NC(=O)Cn2cc(Br)ccc2=O)cc1. The zero-order chi connectivity index (χ0) is 17.9. The second kappa shape index (κ2) is 7.29. The maximum absolute atomic E-state index is 12.0. The summed E-state index contributed by atoms with van der Waals surface area (Å²) in [5, 5.41) is 2.62. The average Bonchev–Trinajstić information content (AvgIpc) is 2.51. The van der Waals surface area contributed by atoms with Crippen LogP contribution in [0.5, 0.6) is 0 Å². The van der Waals surface area contributed by atoms with E-state index in [1.807, 2.05) is 0 Å². The molecule has 0 unspecified atom stereocenters. The molecular formula is C15H16BrN3O4S.